The SMILES string of the molecule is Cl.c1cc2c(C3CC3)nsc2cc1OC1CCNC1. The first-order chi connectivity index (χ1) is 8.90. The molecule has 1 saturated heterocycles. The lowest BCUT2D eigenvalue weighted by molar-refractivity contribution is 0.223. The van der Waals surface area contributed by atoms with Crippen LogP contribution in [0.1, 0.15) is 30.9 Å². The van der Waals surface area contributed by atoms with Gasteiger partial charge >= 0.3 is 0 Å². The summed E-state index contributed by atoms with van der Waals surface area (Å²) in [6.07, 6.45) is 4.06. The molecule has 5 heteroatoms. The molecule has 1 atom stereocenters. The fourth-order valence-electron chi connectivity index (χ4n) is 2.58. The van der Waals surface area contributed by atoms with E-state index in [0.29, 0.717) is 6.10 Å². The van der Waals surface area contributed by atoms with Gasteiger partial charge in [-0.25, -0.2) is 0 Å². The molecular formula is C14H17ClN2OS. The summed E-state index contributed by atoms with van der Waals surface area (Å²) < 4.78 is 11.9. The van der Waals surface area contributed by atoms with Gasteiger partial charge in [-0.1, -0.05) is 0 Å². The number of hydrogen-bond acceptors (Lipinski definition) is 4. The van der Waals surface area contributed by atoms with E-state index in [1.807, 2.05) is 0 Å². The van der Waals surface area contributed by atoms with E-state index < -0.39 is 0 Å². The molecule has 0 bridgehead atoms. The van der Waals surface area contributed by atoms with Crippen LogP contribution in [0.15, 0.2) is 18.2 Å². The van der Waals surface area contributed by atoms with Crippen LogP contribution < -0.4 is 10.1 Å². The van der Waals surface area contributed by atoms with Crippen LogP contribution >= 0.6 is 23.9 Å². The van der Waals surface area contributed by atoms with Crippen LogP contribution in [0.25, 0.3) is 10.1 Å². The van der Waals surface area contributed by atoms with Crippen LogP contribution in [0.3, 0.4) is 0 Å². The Balaban J connectivity index is 0.00000110. The predicted octanol–water partition coefficient (Wildman–Crippen LogP) is 3.34. The lowest BCUT2D eigenvalue weighted by Gasteiger charge is -2.12. The summed E-state index contributed by atoms with van der Waals surface area (Å²) in [4.78, 5) is 0. The second-order valence-electron chi connectivity index (χ2n) is 5.23. The molecule has 0 radical (unpaired) electrons. The van der Waals surface area contributed by atoms with Crippen molar-refractivity contribution in [1.82, 2.24) is 9.69 Å². The minimum atomic E-state index is 0. The molecule has 4 rings (SSSR count). The van der Waals surface area contributed by atoms with E-state index in [4.69, 9.17) is 4.74 Å². The average molecular weight is 297 g/mol. The molecule has 1 saturated carbocycles. The highest BCUT2D eigenvalue weighted by Crippen LogP contribution is 2.44. The van der Waals surface area contributed by atoms with Gasteiger partial charge in [-0.3, -0.25) is 0 Å². The number of benzene rings is 1. The molecule has 3 nitrogen and oxygen atoms in total. The van der Waals surface area contributed by atoms with Gasteiger partial charge in [0.05, 0.1) is 10.4 Å². The third-order valence-corrected chi connectivity index (χ3v) is 4.58. The van der Waals surface area contributed by atoms with Crippen molar-refractivity contribution in [3.8, 4) is 5.75 Å². The molecule has 19 heavy (non-hydrogen) atoms. The molecule has 2 fully saturated rings. The van der Waals surface area contributed by atoms with Gasteiger partial charge in [-0.15, -0.1) is 12.4 Å². The number of nitrogens with one attached hydrogen (secondary N) is 1. The Hall–Kier alpha value is -0.840. The molecule has 102 valence electrons. The molecule has 2 aliphatic rings. The van der Waals surface area contributed by atoms with E-state index in [-0.39, 0.29) is 12.4 Å². The average Bonchev–Trinajstić information content (AvgIpc) is 2.94. The Morgan fingerprint density at radius 1 is 1.26 bits per heavy atom. The highest BCUT2D eigenvalue weighted by molar-refractivity contribution is 7.13. The maximum Gasteiger partial charge on any atom is 0.121 e. The first-order valence-electron chi connectivity index (χ1n) is 6.67. The Morgan fingerprint density at radius 3 is 2.89 bits per heavy atom. The standard InChI is InChI=1S/C14H16N2OS.ClH/c1-2-9(1)14-12-4-3-10(7-13(12)18-16-14)17-11-5-6-15-8-11;/h3-4,7,9,11,15H,1-2,5-6,8H2;1H. The minimum absolute atomic E-state index is 0. The van der Waals surface area contributed by atoms with E-state index in [1.165, 1.54) is 28.6 Å². The van der Waals surface area contributed by atoms with Crippen molar-refractivity contribution < 1.29 is 4.74 Å². The fraction of sp³-hybridized carbons (Fsp3) is 0.500. The van der Waals surface area contributed by atoms with Crippen molar-refractivity contribution in [3.05, 3.63) is 23.9 Å². The molecule has 1 N–H and O–H groups in total. The van der Waals surface area contributed by atoms with E-state index in [9.17, 15) is 0 Å². The third-order valence-electron chi connectivity index (χ3n) is 3.75. The van der Waals surface area contributed by atoms with Crippen LogP contribution in [0.2, 0.25) is 0 Å². The highest BCUT2D eigenvalue weighted by atomic mass is 35.5. The summed E-state index contributed by atoms with van der Waals surface area (Å²) in [5.74, 6) is 1.71. The molecule has 2 heterocycles. The van der Waals surface area contributed by atoms with E-state index in [2.05, 4.69) is 27.9 Å². The zero-order valence-corrected chi connectivity index (χ0v) is 12.2. The van der Waals surface area contributed by atoms with Gasteiger partial charge in [-0.05, 0) is 55.5 Å². The van der Waals surface area contributed by atoms with Gasteiger partial charge in [-0.2, -0.15) is 4.37 Å². The number of fused-ring (bicyclic) bond motifs is 1. The van der Waals surface area contributed by atoms with Crippen molar-refractivity contribution >= 4 is 34.0 Å². The van der Waals surface area contributed by atoms with Crippen molar-refractivity contribution in [1.29, 1.82) is 0 Å². The van der Waals surface area contributed by atoms with Crippen LogP contribution in [0.4, 0.5) is 0 Å². The largest absolute Gasteiger partial charge is 0.489 e. The molecule has 1 aliphatic carbocycles. The number of rotatable bonds is 3. The zero-order valence-electron chi connectivity index (χ0n) is 10.6. The molecule has 1 aliphatic heterocycles. The number of ether oxygens (including phenoxy) is 1. The summed E-state index contributed by atoms with van der Waals surface area (Å²) in [5.41, 5.74) is 1.31. The Morgan fingerprint density at radius 2 is 2.16 bits per heavy atom. The summed E-state index contributed by atoms with van der Waals surface area (Å²) >= 11 is 1.61. The summed E-state index contributed by atoms with van der Waals surface area (Å²) in [5, 5.41) is 4.66. The Labute approximate surface area is 122 Å². The van der Waals surface area contributed by atoms with E-state index in [1.54, 1.807) is 11.5 Å². The normalized spacial score (nSPS) is 22.4. The molecule has 1 aromatic heterocycles. The molecule has 0 spiro atoms. The van der Waals surface area contributed by atoms with Gasteiger partial charge in [0.2, 0.25) is 0 Å². The van der Waals surface area contributed by atoms with Gasteiger partial charge in [0.15, 0.2) is 0 Å². The number of hydrogen-bond donors (Lipinski definition) is 1. The number of aromatic nitrogens is 1. The molecule has 1 aromatic carbocycles. The molecule has 1 unspecified atom stereocenters. The highest BCUT2D eigenvalue weighted by Gasteiger charge is 2.28. The second kappa shape index (κ2) is 5.27. The van der Waals surface area contributed by atoms with Crippen LogP contribution in [-0.2, 0) is 0 Å². The van der Waals surface area contributed by atoms with E-state index >= 15 is 0 Å². The summed E-state index contributed by atoms with van der Waals surface area (Å²) in [7, 11) is 0. The molecule has 2 aromatic rings. The van der Waals surface area contributed by atoms with Gasteiger partial charge in [0, 0.05) is 17.8 Å². The summed E-state index contributed by atoms with van der Waals surface area (Å²) in [6.45, 7) is 2.04. The maximum absolute atomic E-state index is 5.99. The van der Waals surface area contributed by atoms with Crippen molar-refractivity contribution in [2.24, 2.45) is 0 Å². The molecule has 0 amide bonds. The Kier molecular flexibility index (Phi) is 3.65. The monoisotopic (exact) mass is 296 g/mol. The maximum atomic E-state index is 5.99. The van der Waals surface area contributed by atoms with Crippen LogP contribution in [-0.4, -0.2) is 23.6 Å². The first kappa shape index (κ1) is 13.2. The first-order valence-corrected chi connectivity index (χ1v) is 7.44. The van der Waals surface area contributed by atoms with Gasteiger partial charge in [0.1, 0.15) is 11.9 Å². The van der Waals surface area contributed by atoms with Gasteiger partial charge in [0.25, 0.3) is 0 Å². The van der Waals surface area contributed by atoms with Crippen molar-refractivity contribution in [2.75, 3.05) is 13.1 Å². The Bertz CT molecular complexity index is 576. The lowest BCUT2D eigenvalue weighted by atomic mass is 10.1. The fourth-order valence-corrected chi connectivity index (χ4v) is 3.47. The van der Waals surface area contributed by atoms with E-state index in [0.717, 1.165) is 31.2 Å². The quantitative estimate of drug-likeness (QED) is 0.943. The predicted molar refractivity (Wildman–Crippen MR) is 80.7 cm³/mol. The van der Waals surface area contributed by atoms with Crippen molar-refractivity contribution in [3.63, 3.8) is 0 Å². The molecular weight excluding hydrogens is 280 g/mol. The van der Waals surface area contributed by atoms with Gasteiger partial charge < -0.3 is 10.1 Å². The summed E-state index contributed by atoms with van der Waals surface area (Å²) in [6, 6.07) is 6.43. The number of nitrogens with zero attached hydrogens (tertiary/aromatic N) is 1. The van der Waals surface area contributed by atoms with Crippen molar-refractivity contribution in [2.45, 2.75) is 31.3 Å². The smallest absolute Gasteiger partial charge is 0.121 e. The topological polar surface area (TPSA) is 34.1 Å². The van der Waals surface area contributed by atoms with Crippen LogP contribution in [0, 0.1) is 0 Å². The lowest BCUT2D eigenvalue weighted by Crippen LogP contribution is -2.19. The van der Waals surface area contributed by atoms with Crippen LogP contribution in [0.5, 0.6) is 5.75 Å². The zero-order chi connectivity index (χ0) is 11.9. The number of halogens is 1. The second-order valence-corrected chi connectivity index (χ2v) is 6.04. The third kappa shape index (κ3) is 2.57. The minimum Gasteiger partial charge on any atom is -0.489 e.